The maximum Gasteiger partial charge on any atom is 0.265 e. The summed E-state index contributed by atoms with van der Waals surface area (Å²) in [6.45, 7) is 4.22. The second-order valence-corrected chi connectivity index (χ2v) is 5.71. The SMILES string of the molecule is CCCCCCC(C)NC(=O)c1sc(NC)nc1N. The highest BCUT2D eigenvalue weighted by Gasteiger charge is 2.17. The normalized spacial score (nSPS) is 12.2. The maximum absolute atomic E-state index is 12.0. The van der Waals surface area contributed by atoms with Gasteiger partial charge < -0.3 is 16.4 Å². The van der Waals surface area contributed by atoms with Gasteiger partial charge in [0.1, 0.15) is 10.7 Å². The van der Waals surface area contributed by atoms with E-state index in [2.05, 4.69) is 22.5 Å². The standard InChI is InChI=1S/C13H24N4OS/c1-4-5-6-7-8-9(2)16-12(18)10-11(14)17-13(15-3)19-10/h9H,4-8,14H2,1-3H3,(H,15,17)(H,16,18). The Labute approximate surface area is 119 Å². The number of nitrogens with two attached hydrogens (primary N) is 1. The molecule has 1 atom stereocenters. The zero-order valence-corrected chi connectivity index (χ0v) is 12.8. The Kier molecular flexibility index (Phi) is 6.62. The van der Waals surface area contributed by atoms with Gasteiger partial charge in [-0.05, 0) is 13.3 Å². The molecule has 0 aromatic carbocycles. The van der Waals surface area contributed by atoms with E-state index in [1.807, 2.05) is 6.92 Å². The van der Waals surface area contributed by atoms with Crippen LogP contribution < -0.4 is 16.4 Å². The molecule has 1 heterocycles. The number of hydrogen-bond acceptors (Lipinski definition) is 5. The van der Waals surface area contributed by atoms with Crippen molar-refractivity contribution >= 4 is 28.2 Å². The number of amides is 1. The first-order valence-corrected chi connectivity index (χ1v) is 7.65. The summed E-state index contributed by atoms with van der Waals surface area (Å²) in [6, 6.07) is 0.170. The van der Waals surface area contributed by atoms with Crippen molar-refractivity contribution in [2.24, 2.45) is 0 Å². The topological polar surface area (TPSA) is 80.0 Å². The molecule has 1 rings (SSSR count). The van der Waals surface area contributed by atoms with Crippen LogP contribution in [0.15, 0.2) is 0 Å². The van der Waals surface area contributed by atoms with Crippen LogP contribution in [0, 0.1) is 0 Å². The number of anilines is 2. The molecule has 19 heavy (non-hydrogen) atoms. The Morgan fingerprint density at radius 3 is 2.74 bits per heavy atom. The minimum atomic E-state index is -0.125. The highest BCUT2D eigenvalue weighted by Crippen LogP contribution is 2.24. The average molecular weight is 284 g/mol. The molecule has 5 nitrogen and oxygen atoms in total. The molecular formula is C13H24N4OS. The van der Waals surface area contributed by atoms with Gasteiger partial charge in [0.05, 0.1) is 0 Å². The monoisotopic (exact) mass is 284 g/mol. The van der Waals surface area contributed by atoms with Crippen LogP contribution in [0.1, 0.15) is 55.6 Å². The minimum absolute atomic E-state index is 0.125. The van der Waals surface area contributed by atoms with E-state index in [4.69, 9.17) is 5.73 Å². The molecule has 1 aromatic heterocycles. The third kappa shape index (κ3) is 5.06. The number of carbonyl (C=O) groups excluding carboxylic acids is 1. The van der Waals surface area contributed by atoms with E-state index in [0.29, 0.717) is 15.8 Å². The van der Waals surface area contributed by atoms with Gasteiger partial charge in [0.2, 0.25) is 0 Å². The van der Waals surface area contributed by atoms with Crippen molar-refractivity contribution in [1.29, 1.82) is 0 Å². The number of thiazole rings is 1. The Morgan fingerprint density at radius 2 is 2.16 bits per heavy atom. The van der Waals surface area contributed by atoms with Gasteiger partial charge in [-0.3, -0.25) is 4.79 Å². The van der Waals surface area contributed by atoms with Crippen LogP contribution in [-0.2, 0) is 0 Å². The largest absolute Gasteiger partial charge is 0.382 e. The first-order chi connectivity index (χ1) is 9.08. The molecule has 6 heteroatoms. The molecule has 0 fully saturated rings. The van der Waals surface area contributed by atoms with Crippen LogP contribution in [-0.4, -0.2) is 24.0 Å². The molecular weight excluding hydrogens is 260 g/mol. The fraction of sp³-hybridized carbons (Fsp3) is 0.692. The van der Waals surface area contributed by atoms with Gasteiger partial charge in [-0.15, -0.1) is 0 Å². The van der Waals surface area contributed by atoms with Gasteiger partial charge in [-0.25, -0.2) is 4.98 Å². The van der Waals surface area contributed by atoms with Gasteiger partial charge in [-0.1, -0.05) is 43.9 Å². The summed E-state index contributed by atoms with van der Waals surface area (Å²) in [5, 5.41) is 6.53. The Balaban J connectivity index is 2.42. The molecule has 1 unspecified atom stereocenters. The molecule has 0 saturated carbocycles. The van der Waals surface area contributed by atoms with Gasteiger partial charge in [0.25, 0.3) is 5.91 Å². The lowest BCUT2D eigenvalue weighted by molar-refractivity contribution is 0.0942. The fourth-order valence-electron chi connectivity index (χ4n) is 1.84. The van der Waals surface area contributed by atoms with E-state index in [9.17, 15) is 4.79 Å². The maximum atomic E-state index is 12.0. The van der Waals surface area contributed by atoms with Gasteiger partial charge in [0.15, 0.2) is 5.13 Å². The van der Waals surface area contributed by atoms with E-state index in [1.165, 1.54) is 30.6 Å². The highest BCUT2D eigenvalue weighted by molar-refractivity contribution is 7.18. The number of carbonyl (C=O) groups is 1. The molecule has 0 bridgehead atoms. The van der Waals surface area contributed by atoms with Crippen molar-refractivity contribution in [3.8, 4) is 0 Å². The second kappa shape index (κ2) is 7.99. The molecule has 0 aliphatic rings. The van der Waals surface area contributed by atoms with Crippen molar-refractivity contribution in [3.05, 3.63) is 4.88 Å². The summed E-state index contributed by atoms with van der Waals surface area (Å²) < 4.78 is 0. The molecule has 108 valence electrons. The summed E-state index contributed by atoms with van der Waals surface area (Å²) >= 11 is 1.28. The molecule has 0 radical (unpaired) electrons. The van der Waals surface area contributed by atoms with Crippen molar-refractivity contribution in [2.75, 3.05) is 18.1 Å². The van der Waals surface area contributed by atoms with E-state index < -0.39 is 0 Å². The molecule has 0 aliphatic carbocycles. The van der Waals surface area contributed by atoms with Crippen LogP contribution in [0.4, 0.5) is 10.9 Å². The first kappa shape index (κ1) is 15.8. The lowest BCUT2D eigenvalue weighted by atomic mass is 10.1. The van der Waals surface area contributed by atoms with Crippen molar-refractivity contribution in [3.63, 3.8) is 0 Å². The average Bonchev–Trinajstić information content (AvgIpc) is 2.76. The third-order valence-corrected chi connectivity index (χ3v) is 4.03. The number of nitrogens with one attached hydrogen (secondary N) is 2. The van der Waals surface area contributed by atoms with Crippen LogP contribution in [0.2, 0.25) is 0 Å². The molecule has 0 spiro atoms. The van der Waals surface area contributed by atoms with Crippen LogP contribution in [0.25, 0.3) is 0 Å². The van der Waals surface area contributed by atoms with Crippen LogP contribution >= 0.6 is 11.3 Å². The Bertz CT molecular complexity index is 405. The van der Waals surface area contributed by atoms with Gasteiger partial charge in [-0.2, -0.15) is 0 Å². The summed E-state index contributed by atoms with van der Waals surface area (Å²) in [7, 11) is 1.76. The quantitative estimate of drug-likeness (QED) is 0.641. The molecule has 4 N–H and O–H groups in total. The second-order valence-electron chi connectivity index (χ2n) is 4.71. The van der Waals surface area contributed by atoms with Crippen LogP contribution in [0.5, 0.6) is 0 Å². The van der Waals surface area contributed by atoms with E-state index in [1.54, 1.807) is 7.05 Å². The van der Waals surface area contributed by atoms with Crippen molar-refractivity contribution < 1.29 is 4.79 Å². The Hall–Kier alpha value is -1.30. The smallest absolute Gasteiger partial charge is 0.265 e. The number of rotatable bonds is 8. The summed E-state index contributed by atoms with van der Waals surface area (Å²) in [5.74, 6) is 0.171. The predicted octanol–water partition coefficient (Wildman–Crippen LogP) is 2.86. The third-order valence-electron chi connectivity index (χ3n) is 2.94. The summed E-state index contributed by atoms with van der Waals surface area (Å²) in [5.41, 5.74) is 5.73. The zero-order valence-electron chi connectivity index (χ0n) is 12.0. The number of unbranched alkanes of at least 4 members (excludes halogenated alkanes) is 3. The number of nitrogen functional groups attached to an aromatic ring is 1. The lowest BCUT2D eigenvalue weighted by Gasteiger charge is -2.12. The van der Waals surface area contributed by atoms with Crippen molar-refractivity contribution in [2.45, 2.75) is 52.0 Å². The van der Waals surface area contributed by atoms with Crippen LogP contribution in [0.3, 0.4) is 0 Å². The van der Waals surface area contributed by atoms with E-state index in [-0.39, 0.29) is 11.9 Å². The van der Waals surface area contributed by atoms with Gasteiger partial charge in [0, 0.05) is 13.1 Å². The van der Waals surface area contributed by atoms with Crippen molar-refractivity contribution in [1.82, 2.24) is 10.3 Å². The van der Waals surface area contributed by atoms with Gasteiger partial charge >= 0.3 is 0 Å². The first-order valence-electron chi connectivity index (χ1n) is 6.83. The summed E-state index contributed by atoms with van der Waals surface area (Å²) in [4.78, 5) is 16.6. The number of nitrogens with zero attached hydrogens (tertiary/aromatic N) is 1. The van der Waals surface area contributed by atoms with E-state index in [0.717, 1.165) is 12.8 Å². The molecule has 1 amide bonds. The number of hydrogen-bond donors (Lipinski definition) is 3. The lowest BCUT2D eigenvalue weighted by Crippen LogP contribution is -2.32. The zero-order chi connectivity index (χ0) is 14.3. The molecule has 1 aromatic rings. The van der Waals surface area contributed by atoms with E-state index >= 15 is 0 Å². The summed E-state index contributed by atoms with van der Waals surface area (Å²) in [6.07, 6.45) is 5.86. The molecule has 0 saturated heterocycles. The number of aromatic nitrogens is 1. The Morgan fingerprint density at radius 1 is 1.42 bits per heavy atom. The molecule has 0 aliphatic heterocycles. The predicted molar refractivity (Wildman–Crippen MR) is 81.8 cm³/mol. The fourth-order valence-corrected chi connectivity index (χ4v) is 2.58. The minimum Gasteiger partial charge on any atom is -0.382 e. The highest BCUT2D eigenvalue weighted by atomic mass is 32.1.